The van der Waals surface area contributed by atoms with Crippen LogP contribution < -0.4 is 5.32 Å². The summed E-state index contributed by atoms with van der Waals surface area (Å²) in [6.45, 7) is 5.15. The Morgan fingerprint density at radius 1 is 1.45 bits per heavy atom. The molecule has 0 radical (unpaired) electrons. The van der Waals surface area contributed by atoms with Gasteiger partial charge in [0, 0.05) is 12.5 Å². The number of hydrogen-bond acceptors (Lipinski definition) is 2. The van der Waals surface area contributed by atoms with Crippen LogP contribution in [-0.4, -0.2) is 22.2 Å². The van der Waals surface area contributed by atoms with E-state index in [-0.39, 0.29) is 11.8 Å². The third-order valence-corrected chi connectivity index (χ3v) is 6.52. The Bertz CT molecular complexity index is 659. The summed E-state index contributed by atoms with van der Waals surface area (Å²) in [5, 5.41) is 8.22. The third kappa shape index (κ3) is 1.96. The average molecular weight is 320 g/mol. The molecule has 22 heavy (non-hydrogen) atoms. The zero-order valence-corrected chi connectivity index (χ0v) is 13.9. The van der Waals surface area contributed by atoms with Crippen LogP contribution in [0.1, 0.15) is 30.7 Å². The van der Waals surface area contributed by atoms with Gasteiger partial charge in [0.1, 0.15) is 0 Å². The number of aromatic nitrogens is 2. The van der Waals surface area contributed by atoms with Gasteiger partial charge in [-0.2, -0.15) is 5.10 Å². The first kappa shape index (κ1) is 14.3. The summed E-state index contributed by atoms with van der Waals surface area (Å²) in [5.41, 5.74) is 2.29. The van der Waals surface area contributed by atoms with Crippen molar-refractivity contribution in [3.8, 4) is 0 Å². The largest absolute Gasteiger partial charge is 0.354 e. The van der Waals surface area contributed by atoms with E-state index in [0.717, 1.165) is 22.8 Å². The molecule has 4 rings (SSSR count). The zero-order valence-electron chi connectivity index (χ0n) is 13.1. The average Bonchev–Trinajstić information content (AvgIpc) is 3.11. The quantitative estimate of drug-likeness (QED) is 0.867. The van der Waals surface area contributed by atoms with E-state index in [1.165, 1.54) is 12.8 Å². The minimum atomic E-state index is 0.182. The van der Waals surface area contributed by atoms with Crippen molar-refractivity contribution in [1.82, 2.24) is 15.1 Å². The number of allylic oxidation sites excluding steroid dienone is 2. The number of carbonyl (C=O) groups excluding carboxylic acids is 1. The fourth-order valence-electron chi connectivity index (χ4n) is 4.58. The van der Waals surface area contributed by atoms with E-state index in [0.29, 0.717) is 30.3 Å². The molecule has 0 aromatic carbocycles. The maximum atomic E-state index is 12.5. The lowest BCUT2D eigenvalue weighted by atomic mass is 9.88. The van der Waals surface area contributed by atoms with Crippen LogP contribution in [0.3, 0.4) is 0 Å². The van der Waals surface area contributed by atoms with Crippen LogP contribution in [0, 0.1) is 37.0 Å². The van der Waals surface area contributed by atoms with E-state index in [4.69, 9.17) is 11.6 Å². The summed E-state index contributed by atoms with van der Waals surface area (Å²) in [5.74, 6) is 1.54. The Morgan fingerprint density at radius 2 is 2.23 bits per heavy atom. The normalized spacial score (nSPS) is 30.2. The summed E-state index contributed by atoms with van der Waals surface area (Å²) >= 11 is 6.15. The first-order chi connectivity index (χ1) is 10.5. The van der Waals surface area contributed by atoms with E-state index in [2.05, 4.69) is 22.6 Å². The van der Waals surface area contributed by atoms with Gasteiger partial charge in [0.05, 0.1) is 23.0 Å². The Hall–Kier alpha value is -1.29. The highest BCUT2D eigenvalue weighted by atomic mass is 35.5. The fourth-order valence-corrected chi connectivity index (χ4v) is 4.72. The Kier molecular flexibility index (Phi) is 3.16. The molecule has 1 amide bonds. The SMILES string of the molecule is Cc1nn(CCNC(=O)C2CC3C=CC2C32CC2)c(C)c1Cl. The van der Waals surface area contributed by atoms with Gasteiger partial charge in [-0.15, -0.1) is 0 Å². The summed E-state index contributed by atoms with van der Waals surface area (Å²) in [4.78, 5) is 12.5. The molecule has 3 aliphatic rings. The van der Waals surface area contributed by atoms with E-state index < -0.39 is 0 Å². The van der Waals surface area contributed by atoms with Crippen molar-refractivity contribution in [2.75, 3.05) is 6.54 Å². The lowest BCUT2D eigenvalue weighted by Crippen LogP contribution is -2.35. The number of carbonyl (C=O) groups is 1. The maximum Gasteiger partial charge on any atom is 0.223 e. The lowest BCUT2D eigenvalue weighted by Gasteiger charge is -2.19. The van der Waals surface area contributed by atoms with E-state index >= 15 is 0 Å². The molecule has 5 heteroatoms. The molecule has 3 atom stereocenters. The van der Waals surface area contributed by atoms with Crippen molar-refractivity contribution >= 4 is 17.5 Å². The topological polar surface area (TPSA) is 46.9 Å². The van der Waals surface area contributed by atoms with Crippen LogP contribution in [-0.2, 0) is 11.3 Å². The minimum absolute atomic E-state index is 0.182. The van der Waals surface area contributed by atoms with Crippen molar-refractivity contribution in [2.45, 2.75) is 39.7 Å². The van der Waals surface area contributed by atoms with Gasteiger partial charge in [-0.25, -0.2) is 0 Å². The van der Waals surface area contributed by atoms with Crippen molar-refractivity contribution in [1.29, 1.82) is 0 Å². The summed E-state index contributed by atoms with van der Waals surface area (Å²) < 4.78 is 1.88. The molecule has 1 aromatic rings. The van der Waals surface area contributed by atoms with Crippen LogP contribution in [0.15, 0.2) is 12.2 Å². The Balaban J connectivity index is 1.34. The highest BCUT2D eigenvalue weighted by Crippen LogP contribution is 2.70. The van der Waals surface area contributed by atoms with Gasteiger partial charge in [0.25, 0.3) is 0 Å². The zero-order chi connectivity index (χ0) is 15.5. The third-order valence-electron chi connectivity index (χ3n) is 5.97. The second kappa shape index (κ2) is 4.85. The van der Waals surface area contributed by atoms with Crippen LogP contribution in [0.4, 0.5) is 0 Å². The molecule has 2 fully saturated rings. The highest BCUT2D eigenvalue weighted by molar-refractivity contribution is 6.31. The predicted octanol–water partition coefficient (Wildman–Crippen LogP) is 2.87. The predicted molar refractivity (Wildman–Crippen MR) is 85.6 cm³/mol. The number of amides is 1. The number of aryl methyl sites for hydroxylation is 1. The number of nitrogens with zero attached hydrogens (tertiary/aromatic N) is 2. The van der Waals surface area contributed by atoms with Crippen molar-refractivity contribution in [3.05, 3.63) is 28.6 Å². The molecule has 1 heterocycles. The summed E-state index contributed by atoms with van der Waals surface area (Å²) in [6, 6.07) is 0. The second-order valence-electron chi connectivity index (χ2n) is 7.09. The van der Waals surface area contributed by atoms with Gasteiger partial charge in [-0.1, -0.05) is 23.8 Å². The molecule has 1 N–H and O–H groups in total. The van der Waals surface area contributed by atoms with Crippen LogP contribution in [0.25, 0.3) is 0 Å². The van der Waals surface area contributed by atoms with Crippen LogP contribution >= 0.6 is 11.6 Å². The monoisotopic (exact) mass is 319 g/mol. The highest BCUT2D eigenvalue weighted by Gasteiger charge is 2.63. The Labute approximate surface area is 135 Å². The first-order valence-corrected chi connectivity index (χ1v) is 8.56. The number of nitrogens with one attached hydrogen (secondary N) is 1. The summed E-state index contributed by atoms with van der Waals surface area (Å²) in [6.07, 6.45) is 8.30. The molecule has 2 saturated carbocycles. The molecular formula is C17H22ClN3O. The van der Waals surface area contributed by atoms with Gasteiger partial charge in [0.15, 0.2) is 0 Å². The standard InChI is InChI=1S/C17H22ClN3O/c1-10-15(18)11(2)21(20-10)8-7-19-16(22)13-9-12-3-4-14(13)17(12)5-6-17/h3-4,12-14H,5-9H2,1-2H3,(H,19,22). The smallest absolute Gasteiger partial charge is 0.223 e. The molecule has 118 valence electrons. The first-order valence-electron chi connectivity index (χ1n) is 8.18. The fraction of sp³-hybridized carbons (Fsp3) is 0.647. The van der Waals surface area contributed by atoms with E-state index in [1.54, 1.807) is 0 Å². The molecular weight excluding hydrogens is 298 g/mol. The van der Waals surface area contributed by atoms with Gasteiger partial charge in [0.2, 0.25) is 5.91 Å². The van der Waals surface area contributed by atoms with E-state index in [9.17, 15) is 4.79 Å². The molecule has 3 unspecified atom stereocenters. The van der Waals surface area contributed by atoms with E-state index in [1.807, 2.05) is 18.5 Å². The van der Waals surface area contributed by atoms with Gasteiger partial charge >= 0.3 is 0 Å². The van der Waals surface area contributed by atoms with Crippen molar-refractivity contribution < 1.29 is 4.79 Å². The number of hydrogen-bond donors (Lipinski definition) is 1. The molecule has 0 aliphatic heterocycles. The number of halogens is 1. The molecule has 1 spiro atoms. The van der Waals surface area contributed by atoms with Crippen LogP contribution in [0.2, 0.25) is 5.02 Å². The minimum Gasteiger partial charge on any atom is -0.354 e. The van der Waals surface area contributed by atoms with Crippen molar-refractivity contribution in [3.63, 3.8) is 0 Å². The van der Waals surface area contributed by atoms with Crippen molar-refractivity contribution in [2.24, 2.45) is 23.2 Å². The van der Waals surface area contributed by atoms with Crippen LogP contribution in [0.5, 0.6) is 0 Å². The van der Waals surface area contributed by atoms with Gasteiger partial charge in [-0.3, -0.25) is 9.48 Å². The number of rotatable bonds is 4. The Morgan fingerprint density at radius 3 is 2.82 bits per heavy atom. The molecule has 0 saturated heterocycles. The summed E-state index contributed by atoms with van der Waals surface area (Å²) in [7, 11) is 0. The molecule has 2 bridgehead atoms. The molecule has 4 nitrogen and oxygen atoms in total. The molecule has 1 aromatic heterocycles. The second-order valence-corrected chi connectivity index (χ2v) is 7.47. The molecule has 3 aliphatic carbocycles. The maximum absolute atomic E-state index is 12.5. The van der Waals surface area contributed by atoms with Gasteiger partial charge in [-0.05, 0) is 50.4 Å². The van der Waals surface area contributed by atoms with Gasteiger partial charge < -0.3 is 5.32 Å². The lowest BCUT2D eigenvalue weighted by molar-refractivity contribution is -0.125.